The van der Waals surface area contributed by atoms with Crippen molar-refractivity contribution >= 4 is 28.4 Å². The molecule has 160 valence electrons. The van der Waals surface area contributed by atoms with E-state index in [0.717, 1.165) is 30.3 Å². The molecule has 0 saturated carbocycles. The van der Waals surface area contributed by atoms with Crippen molar-refractivity contribution in [1.29, 1.82) is 0 Å². The second-order valence-electron chi connectivity index (χ2n) is 8.06. The first-order chi connectivity index (χ1) is 14.9. The lowest BCUT2D eigenvalue weighted by Gasteiger charge is -2.31. The van der Waals surface area contributed by atoms with Crippen LogP contribution in [0.3, 0.4) is 0 Å². The van der Waals surface area contributed by atoms with Crippen LogP contribution in [0.1, 0.15) is 28.8 Å². The van der Waals surface area contributed by atoms with E-state index in [2.05, 4.69) is 10.2 Å². The Morgan fingerprint density at radius 3 is 2.68 bits per heavy atom. The monoisotopic (exact) mass is 418 g/mol. The van der Waals surface area contributed by atoms with Crippen molar-refractivity contribution in [3.63, 3.8) is 0 Å². The number of para-hydroxylation sites is 2. The molecule has 7 nitrogen and oxygen atoms in total. The van der Waals surface area contributed by atoms with Gasteiger partial charge in [0.05, 0.1) is 17.0 Å². The maximum Gasteiger partial charge on any atom is 0.256 e. The quantitative estimate of drug-likeness (QED) is 0.665. The third-order valence-electron chi connectivity index (χ3n) is 5.97. The Morgan fingerprint density at radius 2 is 1.87 bits per heavy atom. The fourth-order valence-electron chi connectivity index (χ4n) is 4.24. The molecule has 0 radical (unpaired) electrons. The number of primary amides is 1. The molecule has 0 bridgehead atoms. The molecule has 1 aromatic heterocycles. The van der Waals surface area contributed by atoms with Crippen LogP contribution in [0.15, 0.2) is 59.4 Å². The SMILES string of the molecule is Cn1c(=O)cc(C(=O)Nc2ccccc2CN2CCCC(C(N)=O)C2)c2ccccc21. The van der Waals surface area contributed by atoms with E-state index in [1.165, 1.54) is 10.6 Å². The van der Waals surface area contributed by atoms with Crippen molar-refractivity contribution in [3.05, 3.63) is 76.1 Å². The molecule has 2 aromatic carbocycles. The van der Waals surface area contributed by atoms with Crippen molar-refractivity contribution in [2.75, 3.05) is 18.4 Å². The van der Waals surface area contributed by atoms with Gasteiger partial charge in [-0.2, -0.15) is 0 Å². The Labute approximate surface area is 180 Å². The van der Waals surface area contributed by atoms with Gasteiger partial charge in [0, 0.05) is 37.3 Å². The molecule has 3 aromatic rings. The number of anilines is 1. The number of fused-ring (bicyclic) bond motifs is 1. The summed E-state index contributed by atoms with van der Waals surface area (Å²) in [6.07, 6.45) is 1.74. The smallest absolute Gasteiger partial charge is 0.256 e. The standard InChI is InChI=1S/C24H26N4O3/c1-27-21-11-5-3-9-18(21)19(13-22(27)29)24(31)26-20-10-4-2-7-16(20)14-28-12-6-8-17(15-28)23(25)30/h2-5,7,9-11,13,17H,6,8,12,14-15H2,1H3,(H2,25,30)(H,26,31). The predicted molar refractivity (Wildman–Crippen MR) is 121 cm³/mol. The summed E-state index contributed by atoms with van der Waals surface area (Å²) in [5.74, 6) is -0.721. The van der Waals surface area contributed by atoms with Crippen molar-refractivity contribution in [1.82, 2.24) is 9.47 Å². The Bertz CT molecular complexity index is 1200. The summed E-state index contributed by atoms with van der Waals surface area (Å²) in [7, 11) is 1.69. The largest absolute Gasteiger partial charge is 0.369 e. The zero-order valence-corrected chi connectivity index (χ0v) is 17.5. The first kappa shape index (κ1) is 20.8. The number of benzene rings is 2. The fourth-order valence-corrected chi connectivity index (χ4v) is 4.24. The summed E-state index contributed by atoms with van der Waals surface area (Å²) in [5.41, 5.74) is 7.97. The number of aromatic nitrogens is 1. The molecule has 1 fully saturated rings. The molecule has 1 atom stereocenters. The van der Waals surface area contributed by atoms with Crippen molar-refractivity contribution in [2.24, 2.45) is 18.7 Å². The van der Waals surface area contributed by atoms with Gasteiger partial charge in [0.15, 0.2) is 0 Å². The molecule has 1 aliphatic rings. The summed E-state index contributed by atoms with van der Waals surface area (Å²) in [6.45, 7) is 2.11. The van der Waals surface area contributed by atoms with Gasteiger partial charge in [0.2, 0.25) is 5.91 Å². The van der Waals surface area contributed by atoms with Gasteiger partial charge in [-0.3, -0.25) is 19.3 Å². The third-order valence-corrected chi connectivity index (χ3v) is 5.97. The number of likely N-dealkylation sites (tertiary alicyclic amines) is 1. The predicted octanol–water partition coefficient (Wildman–Crippen LogP) is 2.49. The zero-order valence-electron chi connectivity index (χ0n) is 17.5. The summed E-state index contributed by atoms with van der Waals surface area (Å²) in [5, 5.41) is 3.71. The summed E-state index contributed by atoms with van der Waals surface area (Å²) >= 11 is 0. The van der Waals surface area contributed by atoms with Gasteiger partial charge < -0.3 is 15.6 Å². The molecule has 0 spiro atoms. The number of nitrogens with zero attached hydrogens (tertiary/aromatic N) is 2. The van der Waals surface area contributed by atoms with E-state index in [4.69, 9.17) is 5.73 Å². The minimum Gasteiger partial charge on any atom is -0.369 e. The second kappa shape index (κ2) is 8.73. The summed E-state index contributed by atoms with van der Waals surface area (Å²) in [6, 6.07) is 16.3. The van der Waals surface area contributed by atoms with Crippen LogP contribution in [0.4, 0.5) is 5.69 Å². The Balaban J connectivity index is 1.59. The van der Waals surface area contributed by atoms with Crippen molar-refractivity contribution < 1.29 is 9.59 Å². The maximum atomic E-state index is 13.1. The molecule has 7 heteroatoms. The molecule has 31 heavy (non-hydrogen) atoms. The molecular formula is C24H26N4O3. The molecule has 4 rings (SSSR count). The molecule has 1 aliphatic heterocycles. The van der Waals surface area contributed by atoms with Gasteiger partial charge >= 0.3 is 0 Å². The highest BCUT2D eigenvalue weighted by atomic mass is 16.2. The number of aryl methyl sites for hydroxylation is 1. The fraction of sp³-hybridized carbons (Fsp3) is 0.292. The van der Waals surface area contributed by atoms with Crippen LogP contribution in [0, 0.1) is 5.92 Å². The van der Waals surface area contributed by atoms with Crippen LogP contribution in [0.2, 0.25) is 0 Å². The Kier molecular flexibility index (Phi) is 5.86. The first-order valence-electron chi connectivity index (χ1n) is 10.4. The van der Waals surface area contributed by atoms with Crippen LogP contribution in [0.25, 0.3) is 10.9 Å². The Morgan fingerprint density at radius 1 is 1.13 bits per heavy atom. The number of nitrogens with two attached hydrogens (primary N) is 1. The van der Waals surface area contributed by atoms with Crippen LogP contribution < -0.4 is 16.6 Å². The lowest BCUT2D eigenvalue weighted by atomic mass is 9.97. The van der Waals surface area contributed by atoms with Gasteiger partial charge in [-0.1, -0.05) is 36.4 Å². The third kappa shape index (κ3) is 4.36. The van der Waals surface area contributed by atoms with E-state index in [1.807, 2.05) is 48.5 Å². The minimum atomic E-state index is -0.324. The number of hydrogen-bond donors (Lipinski definition) is 2. The van der Waals surface area contributed by atoms with E-state index >= 15 is 0 Å². The lowest BCUT2D eigenvalue weighted by Crippen LogP contribution is -2.40. The number of amides is 2. The molecule has 2 heterocycles. The van der Waals surface area contributed by atoms with E-state index in [1.54, 1.807) is 7.05 Å². The molecule has 3 N–H and O–H groups in total. The average molecular weight is 418 g/mol. The number of nitrogens with one attached hydrogen (secondary N) is 1. The molecule has 1 unspecified atom stereocenters. The highest BCUT2D eigenvalue weighted by Gasteiger charge is 2.24. The van der Waals surface area contributed by atoms with Crippen LogP contribution in [0.5, 0.6) is 0 Å². The highest BCUT2D eigenvalue weighted by molar-refractivity contribution is 6.12. The van der Waals surface area contributed by atoms with E-state index in [9.17, 15) is 14.4 Å². The Hall–Kier alpha value is -3.45. The van der Waals surface area contributed by atoms with Crippen molar-refractivity contribution in [3.8, 4) is 0 Å². The molecule has 1 saturated heterocycles. The second-order valence-corrected chi connectivity index (χ2v) is 8.06. The van der Waals surface area contributed by atoms with Gasteiger partial charge in [0.25, 0.3) is 11.5 Å². The topological polar surface area (TPSA) is 97.4 Å². The van der Waals surface area contributed by atoms with E-state index in [-0.39, 0.29) is 23.3 Å². The number of carbonyl (C=O) groups is 2. The normalized spacial score (nSPS) is 16.9. The average Bonchev–Trinajstić information content (AvgIpc) is 2.77. The lowest BCUT2D eigenvalue weighted by molar-refractivity contribution is -0.123. The van der Waals surface area contributed by atoms with Crippen LogP contribution in [-0.4, -0.2) is 34.4 Å². The maximum absolute atomic E-state index is 13.1. The van der Waals surface area contributed by atoms with E-state index in [0.29, 0.717) is 29.9 Å². The van der Waals surface area contributed by atoms with Gasteiger partial charge in [-0.05, 0) is 37.1 Å². The number of hydrogen-bond acceptors (Lipinski definition) is 4. The molecule has 2 amide bonds. The van der Waals surface area contributed by atoms with E-state index < -0.39 is 0 Å². The number of piperidine rings is 1. The minimum absolute atomic E-state index is 0.137. The number of rotatable bonds is 5. The number of pyridine rings is 1. The van der Waals surface area contributed by atoms with Gasteiger partial charge in [0.1, 0.15) is 0 Å². The number of carbonyl (C=O) groups excluding carboxylic acids is 2. The van der Waals surface area contributed by atoms with Crippen LogP contribution >= 0.6 is 0 Å². The van der Waals surface area contributed by atoms with Gasteiger partial charge in [-0.15, -0.1) is 0 Å². The highest BCUT2D eigenvalue weighted by Crippen LogP contribution is 2.24. The zero-order chi connectivity index (χ0) is 22.0. The molecular weight excluding hydrogens is 392 g/mol. The first-order valence-corrected chi connectivity index (χ1v) is 10.4. The van der Waals surface area contributed by atoms with Gasteiger partial charge in [-0.25, -0.2) is 0 Å². The summed E-state index contributed by atoms with van der Waals surface area (Å²) in [4.78, 5) is 39.3. The van der Waals surface area contributed by atoms with Crippen LogP contribution in [-0.2, 0) is 18.4 Å². The molecule has 0 aliphatic carbocycles. The van der Waals surface area contributed by atoms with Crippen molar-refractivity contribution in [2.45, 2.75) is 19.4 Å². The summed E-state index contributed by atoms with van der Waals surface area (Å²) < 4.78 is 1.53.